The molecular weight excluding hydrogens is 1320 g/mol. The standard InChI is InChI=1S/C66H88N16O19/c1-3-4-13-47(64(99)76-52(32-57(88)89)66(101)74-49(53-34-69-78-77-53)29-41-10-6-5-7-11-41)73-65(100)51(31-43-33-67-46-14-9-8-12-45(43)46)72-54(84)35-68-62(97)50(30-42-15-17-44(83)18-16-42)75-61(96)40(2)70-63(98)48(19-20-56(86)87)71-55(85)36-79-21-23-80(37-58(90)91)25-27-82(39-60(94)95)28-26-81(24-22-79)38-59(92)93/h5-12,14-18,33-34,40,47-52,67,83H,3-4,13,19-32,35-39H2,1-2H3,(H,68,97)(H,70,98)(H,71,85)(H,72,84)(H,73,100)(H,74,101)(H,75,96)(H,76,99)(H,86,87)(H,88,89)(H,90,91)(H,92,93)(H,94,95)(H,69,77,78)/t40-,47-,48+,49-,50-,51-,52-/m0/s1. The number of para-hydroxylation sites is 1. The van der Waals surface area contributed by atoms with E-state index in [1.165, 1.54) is 47.2 Å². The maximum atomic E-state index is 14.6. The van der Waals surface area contributed by atoms with E-state index in [-0.39, 0.29) is 90.3 Å². The highest BCUT2D eigenvalue weighted by Crippen LogP contribution is 2.21. The number of aromatic amines is 2. The third-order valence-electron chi connectivity index (χ3n) is 16.5. The Hall–Kier alpha value is -10.9. The molecule has 0 spiro atoms. The quantitative estimate of drug-likeness (QED) is 0.0202. The molecule has 3 heterocycles. The molecule has 0 bridgehead atoms. The van der Waals surface area contributed by atoms with Crippen molar-refractivity contribution in [3.63, 3.8) is 0 Å². The van der Waals surface area contributed by atoms with Crippen LogP contribution in [0.25, 0.3) is 10.9 Å². The Morgan fingerprint density at radius 2 is 1.00 bits per heavy atom. The van der Waals surface area contributed by atoms with Gasteiger partial charge in [-0.25, -0.2) is 0 Å². The molecule has 1 aliphatic heterocycles. The molecule has 0 radical (unpaired) electrons. The van der Waals surface area contributed by atoms with Crippen molar-refractivity contribution in [3.8, 4) is 5.75 Å². The molecule has 101 heavy (non-hydrogen) atoms. The lowest BCUT2D eigenvalue weighted by molar-refractivity contribution is -0.141. The molecule has 35 heteroatoms. The molecule has 0 saturated carbocycles. The number of benzene rings is 3. The summed E-state index contributed by atoms with van der Waals surface area (Å²) in [7, 11) is 0. The number of unbranched alkanes of at least 4 members (excludes halogenated alkanes) is 1. The average molecular weight is 1410 g/mol. The van der Waals surface area contributed by atoms with Crippen molar-refractivity contribution >= 4 is 88.0 Å². The molecule has 35 nitrogen and oxygen atoms in total. The number of nitrogens with one attached hydrogen (secondary N) is 10. The van der Waals surface area contributed by atoms with Crippen LogP contribution in [0.3, 0.4) is 0 Å². The van der Waals surface area contributed by atoms with Crippen molar-refractivity contribution in [2.24, 2.45) is 0 Å². The molecule has 2 aromatic heterocycles. The summed E-state index contributed by atoms with van der Waals surface area (Å²) >= 11 is 0. The predicted molar refractivity (Wildman–Crippen MR) is 359 cm³/mol. The maximum absolute atomic E-state index is 14.6. The molecule has 6 rings (SSSR count). The van der Waals surface area contributed by atoms with Crippen molar-refractivity contribution in [2.45, 2.75) is 114 Å². The van der Waals surface area contributed by atoms with Crippen LogP contribution in [0.2, 0.25) is 0 Å². The Bertz CT molecular complexity index is 3600. The monoisotopic (exact) mass is 1410 g/mol. The van der Waals surface area contributed by atoms with Crippen LogP contribution in [0.4, 0.5) is 0 Å². The van der Waals surface area contributed by atoms with E-state index >= 15 is 0 Å². The van der Waals surface area contributed by atoms with Crippen LogP contribution in [0, 0.1) is 0 Å². The second kappa shape index (κ2) is 40.2. The number of rotatable bonds is 38. The minimum atomic E-state index is -1.65. The van der Waals surface area contributed by atoms with Gasteiger partial charge in [-0.3, -0.25) is 81.9 Å². The molecule has 5 aromatic rings. The molecular formula is C66H88N16O19. The van der Waals surface area contributed by atoms with E-state index in [1.54, 1.807) is 52.4 Å². The van der Waals surface area contributed by atoms with Gasteiger partial charge < -0.3 is 78.2 Å². The summed E-state index contributed by atoms with van der Waals surface area (Å²) in [4.78, 5) is 182. The second-order valence-electron chi connectivity index (χ2n) is 24.4. The van der Waals surface area contributed by atoms with Gasteiger partial charge in [0.1, 0.15) is 47.7 Å². The largest absolute Gasteiger partial charge is 0.508 e. The number of nitrogens with zero attached hydrogens (tertiary/aromatic N) is 6. The zero-order chi connectivity index (χ0) is 73.5. The fourth-order valence-electron chi connectivity index (χ4n) is 11.1. The maximum Gasteiger partial charge on any atom is 0.317 e. The molecule has 16 N–H and O–H groups in total. The van der Waals surface area contributed by atoms with Crippen molar-refractivity contribution in [1.82, 2.24) is 82.5 Å². The number of hydrogen-bond donors (Lipinski definition) is 16. The number of aromatic hydroxyl groups is 1. The van der Waals surface area contributed by atoms with Gasteiger partial charge in [0.2, 0.25) is 47.3 Å². The van der Waals surface area contributed by atoms with Gasteiger partial charge in [0.15, 0.2) is 0 Å². The van der Waals surface area contributed by atoms with E-state index in [2.05, 4.69) is 62.9 Å². The van der Waals surface area contributed by atoms with Crippen LogP contribution in [-0.2, 0) is 81.6 Å². The fraction of sp³-hybridized carbons (Fsp3) is 0.470. The predicted octanol–water partition coefficient (Wildman–Crippen LogP) is -2.07. The molecule has 1 fully saturated rings. The smallest absolute Gasteiger partial charge is 0.317 e. The fourth-order valence-corrected chi connectivity index (χ4v) is 11.1. The highest BCUT2D eigenvalue weighted by Gasteiger charge is 2.34. The van der Waals surface area contributed by atoms with Gasteiger partial charge in [-0.2, -0.15) is 15.4 Å². The van der Waals surface area contributed by atoms with Crippen LogP contribution in [0.15, 0.2) is 91.3 Å². The van der Waals surface area contributed by atoms with Crippen LogP contribution >= 0.6 is 0 Å². The second-order valence-corrected chi connectivity index (χ2v) is 24.4. The van der Waals surface area contributed by atoms with Crippen molar-refractivity contribution in [1.29, 1.82) is 0 Å². The van der Waals surface area contributed by atoms with E-state index in [9.17, 15) is 93.0 Å². The highest BCUT2D eigenvalue weighted by atomic mass is 16.4. The van der Waals surface area contributed by atoms with Gasteiger partial charge in [0, 0.05) is 88.7 Å². The molecule has 0 aliphatic carbocycles. The molecule has 1 saturated heterocycles. The lowest BCUT2D eigenvalue weighted by Gasteiger charge is -2.33. The Balaban J connectivity index is 1.15. The van der Waals surface area contributed by atoms with Gasteiger partial charge in [-0.1, -0.05) is 80.4 Å². The lowest BCUT2D eigenvalue weighted by Crippen LogP contribution is -2.58. The zero-order valence-electron chi connectivity index (χ0n) is 55.9. The number of phenols is 1. The normalized spacial score (nSPS) is 15.6. The third-order valence-corrected chi connectivity index (χ3v) is 16.5. The van der Waals surface area contributed by atoms with Gasteiger partial charge in [0.05, 0.1) is 51.4 Å². The summed E-state index contributed by atoms with van der Waals surface area (Å²) in [5.74, 6) is -13.7. The summed E-state index contributed by atoms with van der Waals surface area (Å²) in [5, 5.41) is 90.1. The molecule has 1 aliphatic rings. The van der Waals surface area contributed by atoms with Crippen molar-refractivity contribution in [3.05, 3.63) is 114 Å². The number of hydrogen-bond acceptors (Lipinski definition) is 20. The van der Waals surface area contributed by atoms with E-state index in [1.807, 2.05) is 25.1 Å². The molecule has 3 aromatic carbocycles. The number of phenolic OH excluding ortho intramolecular Hbond substituents is 1. The minimum absolute atomic E-state index is 0.00599. The van der Waals surface area contributed by atoms with Crippen LogP contribution in [0.5, 0.6) is 5.75 Å². The number of carbonyl (C=O) groups excluding carboxylic acids is 8. The van der Waals surface area contributed by atoms with Gasteiger partial charge in [-0.15, -0.1) is 0 Å². The first kappa shape index (κ1) is 79.1. The van der Waals surface area contributed by atoms with Gasteiger partial charge in [-0.05, 0) is 61.1 Å². The first-order valence-corrected chi connectivity index (χ1v) is 32.8. The number of aromatic nitrogens is 4. The minimum Gasteiger partial charge on any atom is -0.508 e. The SMILES string of the molecule is CCCC[C@H](NC(=O)[C@H](Cc1c[nH]c2ccccc12)NC(=O)CNC(=O)[C@H](Cc1ccc(O)cc1)NC(=O)[C@H](C)NC(=O)[C@@H](CCC(=O)O)NC(=O)CN1CCN(CC(=O)O)CCN(CC(=O)O)CCN(CC(=O)O)CC1)C(=O)N[C@@H](CC(=O)O)C(=O)N[C@@H](Cc1ccccc1)c1cn[nH]n1. The van der Waals surface area contributed by atoms with E-state index < -0.39 is 165 Å². The summed E-state index contributed by atoms with van der Waals surface area (Å²) in [6, 6.07) is 11.8. The molecule has 0 unspecified atom stereocenters. The van der Waals surface area contributed by atoms with Gasteiger partial charge in [0.25, 0.3) is 0 Å². The third kappa shape index (κ3) is 27.7. The Morgan fingerprint density at radius 3 is 1.56 bits per heavy atom. The topological polar surface area (TPSA) is 510 Å². The van der Waals surface area contributed by atoms with E-state index in [0.717, 1.165) is 5.56 Å². The number of aliphatic carboxylic acids is 5. The van der Waals surface area contributed by atoms with Crippen LogP contribution in [-0.4, -0.2) is 269 Å². The van der Waals surface area contributed by atoms with Crippen molar-refractivity contribution in [2.75, 3.05) is 85.1 Å². The zero-order valence-corrected chi connectivity index (χ0v) is 55.9. The number of carboxylic acids is 5. The average Bonchev–Trinajstić information content (AvgIpc) is 1.67. The Morgan fingerprint density at radius 1 is 0.495 bits per heavy atom. The summed E-state index contributed by atoms with van der Waals surface area (Å²) in [6.45, 7) is 1.17. The lowest BCUT2D eigenvalue weighted by atomic mass is 10.0. The van der Waals surface area contributed by atoms with Crippen LogP contribution < -0.4 is 42.5 Å². The summed E-state index contributed by atoms with van der Waals surface area (Å²) < 4.78 is 0. The van der Waals surface area contributed by atoms with Crippen LogP contribution in [0.1, 0.15) is 80.8 Å². The highest BCUT2D eigenvalue weighted by molar-refractivity contribution is 5.98. The summed E-state index contributed by atoms with van der Waals surface area (Å²) in [6.07, 6.45) is 1.73. The van der Waals surface area contributed by atoms with Crippen molar-refractivity contribution < 1.29 is 93.0 Å². The number of H-pyrrole nitrogens is 2. The number of carbonyl (C=O) groups is 13. The number of fused-ring (bicyclic) bond motifs is 1. The molecule has 546 valence electrons. The molecule has 8 amide bonds. The first-order chi connectivity index (χ1) is 48.2. The Labute approximate surface area is 579 Å². The van der Waals surface area contributed by atoms with Gasteiger partial charge >= 0.3 is 29.8 Å². The van der Waals surface area contributed by atoms with E-state index in [0.29, 0.717) is 40.6 Å². The number of amides is 8. The molecule has 7 atom stereocenters. The number of carboxylic acid groups (broad SMARTS) is 5. The summed E-state index contributed by atoms with van der Waals surface area (Å²) in [5.41, 5.74) is 2.76. The first-order valence-electron chi connectivity index (χ1n) is 32.8. The van der Waals surface area contributed by atoms with E-state index in [4.69, 9.17) is 0 Å². The Kier molecular flexibility index (Phi) is 31.5.